The first-order valence-corrected chi connectivity index (χ1v) is 6.02. The summed E-state index contributed by atoms with van der Waals surface area (Å²) in [7, 11) is 1.67. The zero-order chi connectivity index (χ0) is 11.4. The first kappa shape index (κ1) is 11.3. The van der Waals surface area contributed by atoms with E-state index in [0.29, 0.717) is 0 Å². The molecule has 0 aliphatic rings. The lowest BCUT2D eigenvalue weighted by Crippen LogP contribution is -1.90. The molecule has 2 aromatic carbocycles. The van der Waals surface area contributed by atoms with Crippen LogP contribution in [0.2, 0.25) is 0 Å². The van der Waals surface area contributed by atoms with Crippen molar-refractivity contribution in [2.75, 3.05) is 12.4 Å². The Morgan fingerprint density at radius 2 is 1.38 bits per heavy atom. The molecule has 2 rings (SSSR count). The Hall–Kier alpha value is -1.23. The van der Waals surface area contributed by atoms with E-state index < -0.39 is 0 Å². The van der Waals surface area contributed by atoms with Gasteiger partial charge in [0.05, 0.1) is 7.11 Å². The van der Waals surface area contributed by atoms with E-state index in [1.165, 1.54) is 3.57 Å². The lowest BCUT2D eigenvalue weighted by molar-refractivity contribution is 0.415. The van der Waals surface area contributed by atoms with Crippen LogP contribution in [0.5, 0.6) is 5.75 Å². The lowest BCUT2D eigenvalue weighted by atomic mass is 10.2. The number of rotatable bonds is 3. The molecule has 0 aromatic heterocycles. The maximum absolute atomic E-state index is 5.11. The van der Waals surface area contributed by atoms with Gasteiger partial charge in [0, 0.05) is 14.9 Å². The summed E-state index contributed by atoms with van der Waals surface area (Å²) in [6.45, 7) is 0. The highest BCUT2D eigenvalue weighted by atomic mass is 127. The van der Waals surface area contributed by atoms with Crippen molar-refractivity contribution >= 4 is 34.0 Å². The molecule has 0 fully saturated rings. The van der Waals surface area contributed by atoms with Gasteiger partial charge < -0.3 is 10.1 Å². The summed E-state index contributed by atoms with van der Waals surface area (Å²) in [6, 6.07) is 16.1. The van der Waals surface area contributed by atoms with Gasteiger partial charge in [-0.1, -0.05) is 0 Å². The number of hydrogen-bond donors (Lipinski definition) is 1. The van der Waals surface area contributed by atoms with E-state index in [-0.39, 0.29) is 0 Å². The van der Waals surface area contributed by atoms with Crippen LogP contribution in [0.4, 0.5) is 11.4 Å². The van der Waals surface area contributed by atoms with Gasteiger partial charge >= 0.3 is 0 Å². The fourth-order valence-electron chi connectivity index (χ4n) is 1.37. The molecule has 1 N–H and O–H groups in total. The minimum atomic E-state index is 0.869. The summed E-state index contributed by atoms with van der Waals surface area (Å²) in [5.41, 5.74) is 2.15. The largest absolute Gasteiger partial charge is 0.497 e. The number of halogens is 1. The molecule has 0 saturated heterocycles. The highest BCUT2D eigenvalue weighted by Crippen LogP contribution is 2.20. The highest BCUT2D eigenvalue weighted by Gasteiger charge is 1.95. The number of anilines is 2. The van der Waals surface area contributed by atoms with E-state index in [2.05, 4.69) is 52.2 Å². The number of hydrogen-bond acceptors (Lipinski definition) is 2. The molecule has 3 heteroatoms. The van der Waals surface area contributed by atoms with Crippen LogP contribution < -0.4 is 10.1 Å². The van der Waals surface area contributed by atoms with Crippen molar-refractivity contribution < 1.29 is 4.74 Å². The topological polar surface area (TPSA) is 21.3 Å². The molecular formula is C13H12INO. The Labute approximate surface area is 109 Å². The number of methoxy groups -OCH3 is 1. The van der Waals surface area contributed by atoms with Gasteiger partial charge in [0.25, 0.3) is 0 Å². The van der Waals surface area contributed by atoms with Crippen LogP contribution >= 0.6 is 22.6 Å². The van der Waals surface area contributed by atoms with E-state index >= 15 is 0 Å². The number of nitrogens with one attached hydrogen (secondary N) is 1. The molecule has 0 atom stereocenters. The van der Waals surface area contributed by atoms with Gasteiger partial charge in [-0.2, -0.15) is 0 Å². The fourth-order valence-corrected chi connectivity index (χ4v) is 1.73. The van der Waals surface area contributed by atoms with Crippen molar-refractivity contribution in [1.82, 2.24) is 0 Å². The highest BCUT2D eigenvalue weighted by molar-refractivity contribution is 14.1. The quantitative estimate of drug-likeness (QED) is 0.860. The smallest absolute Gasteiger partial charge is 0.119 e. The molecule has 2 aromatic rings. The second kappa shape index (κ2) is 5.21. The molecule has 0 aliphatic carbocycles. The first-order chi connectivity index (χ1) is 7.78. The van der Waals surface area contributed by atoms with Gasteiger partial charge in [-0.25, -0.2) is 0 Å². The van der Waals surface area contributed by atoms with Crippen molar-refractivity contribution in [3.05, 3.63) is 52.1 Å². The molecule has 0 radical (unpaired) electrons. The van der Waals surface area contributed by atoms with E-state index in [9.17, 15) is 0 Å². The second-order valence-electron chi connectivity index (χ2n) is 3.36. The van der Waals surface area contributed by atoms with Crippen LogP contribution in [0.15, 0.2) is 48.5 Å². The van der Waals surface area contributed by atoms with E-state index in [1.54, 1.807) is 7.11 Å². The Balaban J connectivity index is 2.11. The first-order valence-electron chi connectivity index (χ1n) is 4.94. The summed E-state index contributed by atoms with van der Waals surface area (Å²) in [5, 5.41) is 3.32. The van der Waals surface area contributed by atoms with Crippen LogP contribution in [-0.4, -0.2) is 7.11 Å². The molecule has 16 heavy (non-hydrogen) atoms. The van der Waals surface area contributed by atoms with Crippen LogP contribution in [0.25, 0.3) is 0 Å². The zero-order valence-electron chi connectivity index (χ0n) is 8.91. The maximum atomic E-state index is 5.11. The fraction of sp³-hybridized carbons (Fsp3) is 0.0769. The monoisotopic (exact) mass is 325 g/mol. The number of ether oxygens (including phenoxy) is 1. The molecule has 82 valence electrons. The normalized spacial score (nSPS) is 9.88. The molecule has 0 heterocycles. The SMILES string of the molecule is COc1ccc(Nc2ccc(I)cc2)cc1. The van der Waals surface area contributed by atoms with Gasteiger partial charge in [0.2, 0.25) is 0 Å². The van der Waals surface area contributed by atoms with E-state index in [1.807, 2.05) is 24.3 Å². The lowest BCUT2D eigenvalue weighted by Gasteiger charge is -2.07. The van der Waals surface area contributed by atoms with Gasteiger partial charge in [-0.15, -0.1) is 0 Å². The van der Waals surface area contributed by atoms with Crippen molar-refractivity contribution in [2.45, 2.75) is 0 Å². The third-order valence-electron chi connectivity index (χ3n) is 2.22. The van der Waals surface area contributed by atoms with Gasteiger partial charge in [-0.05, 0) is 71.1 Å². The number of benzene rings is 2. The van der Waals surface area contributed by atoms with Crippen molar-refractivity contribution in [3.63, 3.8) is 0 Å². The van der Waals surface area contributed by atoms with Crippen LogP contribution in [-0.2, 0) is 0 Å². The van der Waals surface area contributed by atoms with Gasteiger partial charge in [-0.3, -0.25) is 0 Å². The summed E-state index contributed by atoms with van der Waals surface area (Å²) in [4.78, 5) is 0. The van der Waals surface area contributed by atoms with Crippen molar-refractivity contribution in [2.24, 2.45) is 0 Å². The third-order valence-corrected chi connectivity index (χ3v) is 2.94. The molecule has 0 saturated carbocycles. The van der Waals surface area contributed by atoms with Gasteiger partial charge in [0.1, 0.15) is 5.75 Å². The summed E-state index contributed by atoms with van der Waals surface area (Å²) < 4.78 is 6.34. The van der Waals surface area contributed by atoms with Crippen molar-refractivity contribution in [1.29, 1.82) is 0 Å². The predicted molar refractivity (Wildman–Crippen MR) is 75.4 cm³/mol. The van der Waals surface area contributed by atoms with E-state index in [4.69, 9.17) is 4.74 Å². The summed E-state index contributed by atoms with van der Waals surface area (Å²) in [6.07, 6.45) is 0. The Kier molecular flexibility index (Phi) is 3.66. The van der Waals surface area contributed by atoms with E-state index in [0.717, 1.165) is 17.1 Å². The zero-order valence-corrected chi connectivity index (χ0v) is 11.1. The molecule has 2 nitrogen and oxygen atoms in total. The Morgan fingerprint density at radius 3 is 1.88 bits per heavy atom. The summed E-state index contributed by atoms with van der Waals surface area (Å²) in [5.74, 6) is 0.869. The summed E-state index contributed by atoms with van der Waals surface area (Å²) >= 11 is 2.29. The molecule has 0 unspecified atom stereocenters. The standard InChI is InChI=1S/C13H12INO/c1-16-13-8-6-12(7-9-13)15-11-4-2-10(14)3-5-11/h2-9,15H,1H3. The maximum Gasteiger partial charge on any atom is 0.119 e. The third kappa shape index (κ3) is 2.88. The minimum Gasteiger partial charge on any atom is -0.497 e. The minimum absolute atomic E-state index is 0.869. The van der Waals surface area contributed by atoms with Gasteiger partial charge in [0.15, 0.2) is 0 Å². The molecule has 0 amide bonds. The second-order valence-corrected chi connectivity index (χ2v) is 4.61. The van der Waals surface area contributed by atoms with Crippen LogP contribution in [0.3, 0.4) is 0 Å². The molecule has 0 spiro atoms. The van der Waals surface area contributed by atoms with Crippen molar-refractivity contribution in [3.8, 4) is 5.75 Å². The van der Waals surface area contributed by atoms with Crippen LogP contribution in [0.1, 0.15) is 0 Å². The average Bonchev–Trinajstić information content (AvgIpc) is 2.33. The Morgan fingerprint density at radius 1 is 0.875 bits per heavy atom. The predicted octanol–water partition coefficient (Wildman–Crippen LogP) is 4.04. The molecule has 0 aliphatic heterocycles. The Bertz CT molecular complexity index is 450. The van der Waals surface area contributed by atoms with Crippen LogP contribution in [0, 0.1) is 3.57 Å². The molecule has 0 bridgehead atoms. The average molecular weight is 325 g/mol. The molecular weight excluding hydrogens is 313 g/mol.